The number of benzene rings is 1. The highest BCUT2D eigenvalue weighted by Crippen LogP contribution is 2.35. The molecule has 0 aromatic heterocycles. The van der Waals surface area contributed by atoms with E-state index in [1.54, 1.807) is 6.92 Å². The molecule has 2 nitrogen and oxygen atoms in total. The second-order valence-corrected chi connectivity index (χ2v) is 4.07. The molecule has 18 heavy (non-hydrogen) atoms. The van der Waals surface area contributed by atoms with Crippen LogP contribution in [-0.2, 0) is 22.1 Å². The van der Waals surface area contributed by atoms with Crippen LogP contribution in [0.2, 0.25) is 5.02 Å². The number of rotatable bonds is 4. The number of hydrogen-bond donors (Lipinski definition) is 0. The Morgan fingerprint density at radius 1 is 1.39 bits per heavy atom. The molecule has 0 aliphatic carbocycles. The molecule has 0 atom stereocenters. The van der Waals surface area contributed by atoms with Crippen LogP contribution in [0.25, 0.3) is 0 Å². The van der Waals surface area contributed by atoms with E-state index in [1.165, 1.54) is 12.1 Å². The zero-order valence-corrected chi connectivity index (χ0v) is 10.4. The van der Waals surface area contributed by atoms with Gasteiger partial charge in [0.1, 0.15) is 0 Å². The fourth-order valence-electron chi connectivity index (χ4n) is 1.42. The lowest BCUT2D eigenvalue weighted by Gasteiger charge is -2.13. The van der Waals surface area contributed by atoms with Crippen LogP contribution in [0.4, 0.5) is 13.2 Å². The van der Waals surface area contributed by atoms with Crippen LogP contribution in [0.15, 0.2) is 18.2 Å². The Morgan fingerprint density at radius 2 is 2.06 bits per heavy atom. The second-order valence-electron chi connectivity index (χ2n) is 3.66. The van der Waals surface area contributed by atoms with Crippen LogP contribution >= 0.6 is 11.6 Å². The first-order chi connectivity index (χ1) is 8.36. The van der Waals surface area contributed by atoms with Gasteiger partial charge in [-0.2, -0.15) is 13.2 Å². The maximum absolute atomic E-state index is 12.7. The summed E-state index contributed by atoms with van der Waals surface area (Å²) in [7, 11) is 0. The molecule has 1 aromatic carbocycles. The number of halogens is 4. The summed E-state index contributed by atoms with van der Waals surface area (Å²) in [4.78, 5) is 11.4. The van der Waals surface area contributed by atoms with E-state index in [1.807, 2.05) is 0 Å². The summed E-state index contributed by atoms with van der Waals surface area (Å²) in [5, 5.41) is -0.0849. The van der Waals surface area contributed by atoms with E-state index < -0.39 is 24.1 Å². The first kappa shape index (κ1) is 14.8. The lowest BCUT2D eigenvalue weighted by molar-refractivity contribution is -0.143. The van der Waals surface area contributed by atoms with Crippen molar-refractivity contribution in [2.45, 2.75) is 25.9 Å². The fourth-order valence-corrected chi connectivity index (χ4v) is 1.66. The van der Waals surface area contributed by atoms with Gasteiger partial charge in [0.05, 0.1) is 18.6 Å². The van der Waals surface area contributed by atoms with Crippen molar-refractivity contribution >= 4 is 17.6 Å². The van der Waals surface area contributed by atoms with E-state index in [2.05, 4.69) is 0 Å². The van der Waals surface area contributed by atoms with Crippen molar-refractivity contribution in [2.75, 3.05) is 6.61 Å². The molecule has 0 spiro atoms. The van der Waals surface area contributed by atoms with E-state index in [-0.39, 0.29) is 17.2 Å². The molecule has 0 aliphatic rings. The van der Waals surface area contributed by atoms with Gasteiger partial charge in [0.25, 0.3) is 0 Å². The van der Waals surface area contributed by atoms with Gasteiger partial charge in [-0.05, 0) is 24.1 Å². The van der Waals surface area contributed by atoms with E-state index >= 15 is 0 Å². The Morgan fingerprint density at radius 3 is 2.61 bits per heavy atom. The summed E-state index contributed by atoms with van der Waals surface area (Å²) in [5.74, 6) is -0.713. The Balaban J connectivity index is 2.97. The Kier molecular flexibility index (Phi) is 5.02. The molecule has 1 aromatic rings. The van der Waals surface area contributed by atoms with E-state index in [9.17, 15) is 18.0 Å². The van der Waals surface area contributed by atoms with Crippen LogP contribution in [-0.4, -0.2) is 12.6 Å². The Labute approximate surface area is 108 Å². The zero-order chi connectivity index (χ0) is 13.8. The fraction of sp³-hybridized carbons (Fsp3) is 0.417. The van der Waals surface area contributed by atoms with E-state index in [0.29, 0.717) is 6.42 Å². The summed E-state index contributed by atoms with van der Waals surface area (Å²) in [6.45, 7) is 1.98. The average Bonchev–Trinajstić information content (AvgIpc) is 2.27. The van der Waals surface area contributed by atoms with Crippen LogP contribution in [0, 0.1) is 0 Å². The molecule has 0 aliphatic heterocycles. The maximum Gasteiger partial charge on any atom is 0.416 e. The highest BCUT2D eigenvalue weighted by atomic mass is 35.5. The minimum absolute atomic E-state index is 0.0849. The average molecular weight is 281 g/mol. The van der Waals surface area contributed by atoms with Gasteiger partial charge < -0.3 is 4.74 Å². The predicted octanol–water partition coefficient (Wildman–Crippen LogP) is 3.85. The molecule has 0 unspecified atom stereocenters. The molecule has 0 amide bonds. The zero-order valence-electron chi connectivity index (χ0n) is 9.68. The van der Waals surface area contributed by atoms with Crippen molar-refractivity contribution < 1.29 is 22.7 Å². The summed E-state index contributed by atoms with van der Waals surface area (Å²) in [6.07, 6.45) is -4.40. The number of carbonyl (C=O) groups is 1. The number of hydrogen-bond acceptors (Lipinski definition) is 2. The number of carbonyl (C=O) groups excluding carboxylic acids is 1. The minimum Gasteiger partial charge on any atom is -0.465 e. The van der Waals surface area contributed by atoms with Crippen molar-refractivity contribution in [3.05, 3.63) is 34.3 Å². The summed E-state index contributed by atoms with van der Waals surface area (Å²) in [6, 6.07) is 3.42. The maximum atomic E-state index is 12.7. The minimum atomic E-state index is -4.54. The molecule has 0 radical (unpaired) electrons. The molecule has 0 fully saturated rings. The predicted molar refractivity (Wildman–Crippen MR) is 61.4 cm³/mol. The van der Waals surface area contributed by atoms with Crippen molar-refractivity contribution in [3.8, 4) is 0 Å². The smallest absolute Gasteiger partial charge is 0.416 e. The lowest BCUT2D eigenvalue weighted by atomic mass is 10.0. The second kappa shape index (κ2) is 6.09. The molecular formula is C12H12ClF3O2. The molecule has 0 saturated heterocycles. The molecule has 1 rings (SSSR count). The number of alkyl halides is 3. The van der Waals surface area contributed by atoms with Gasteiger partial charge in [-0.3, -0.25) is 4.79 Å². The first-order valence-corrected chi connectivity index (χ1v) is 5.74. The molecule has 100 valence electrons. The molecular weight excluding hydrogens is 269 g/mol. The summed E-state index contributed by atoms with van der Waals surface area (Å²) in [5.41, 5.74) is -1.14. The summed E-state index contributed by atoms with van der Waals surface area (Å²) < 4.78 is 42.9. The molecule has 0 bridgehead atoms. The van der Waals surface area contributed by atoms with Gasteiger partial charge in [-0.25, -0.2) is 0 Å². The highest BCUT2D eigenvalue weighted by Gasteiger charge is 2.34. The summed E-state index contributed by atoms with van der Waals surface area (Å²) >= 11 is 5.71. The SMILES string of the molecule is CCCOC(=O)Cc1c(Cl)cccc1C(F)(F)F. The molecule has 0 N–H and O–H groups in total. The third-order valence-electron chi connectivity index (χ3n) is 2.21. The number of esters is 1. The van der Waals surface area contributed by atoms with Gasteiger partial charge in [-0.15, -0.1) is 0 Å². The number of ether oxygens (including phenoxy) is 1. The lowest BCUT2D eigenvalue weighted by Crippen LogP contribution is -2.15. The van der Waals surface area contributed by atoms with Gasteiger partial charge in [0.2, 0.25) is 0 Å². The molecule has 0 heterocycles. The monoisotopic (exact) mass is 280 g/mol. The van der Waals surface area contributed by atoms with Gasteiger partial charge in [0.15, 0.2) is 0 Å². The van der Waals surface area contributed by atoms with Crippen LogP contribution in [0.5, 0.6) is 0 Å². The largest absolute Gasteiger partial charge is 0.465 e. The topological polar surface area (TPSA) is 26.3 Å². The van der Waals surface area contributed by atoms with Crippen molar-refractivity contribution in [1.82, 2.24) is 0 Å². The Hall–Kier alpha value is -1.23. The third kappa shape index (κ3) is 3.91. The first-order valence-electron chi connectivity index (χ1n) is 5.36. The van der Waals surface area contributed by atoms with Crippen molar-refractivity contribution in [1.29, 1.82) is 0 Å². The van der Waals surface area contributed by atoms with E-state index in [4.69, 9.17) is 16.3 Å². The van der Waals surface area contributed by atoms with Crippen LogP contribution in [0.3, 0.4) is 0 Å². The van der Waals surface area contributed by atoms with Gasteiger partial charge in [-0.1, -0.05) is 24.6 Å². The van der Waals surface area contributed by atoms with E-state index in [0.717, 1.165) is 6.07 Å². The van der Waals surface area contributed by atoms with Crippen molar-refractivity contribution in [2.24, 2.45) is 0 Å². The van der Waals surface area contributed by atoms with Crippen LogP contribution < -0.4 is 0 Å². The van der Waals surface area contributed by atoms with Gasteiger partial charge >= 0.3 is 12.1 Å². The third-order valence-corrected chi connectivity index (χ3v) is 2.57. The molecule has 0 saturated carbocycles. The standard InChI is InChI=1S/C12H12ClF3O2/c1-2-6-18-11(17)7-8-9(12(14,15)16)4-3-5-10(8)13/h3-5H,2,6-7H2,1H3. The van der Waals surface area contributed by atoms with Crippen LogP contribution in [0.1, 0.15) is 24.5 Å². The van der Waals surface area contributed by atoms with Crippen molar-refractivity contribution in [3.63, 3.8) is 0 Å². The normalized spacial score (nSPS) is 11.4. The highest BCUT2D eigenvalue weighted by molar-refractivity contribution is 6.31. The molecule has 6 heteroatoms. The Bertz CT molecular complexity index is 430. The van der Waals surface area contributed by atoms with Gasteiger partial charge in [0, 0.05) is 5.02 Å². The quantitative estimate of drug-likeness (QED) is 0.783.